The number of ether oxygens (including phenoxy) is 1. The smallest absolute Gasteiger partial charge is 0.335 e. The average Bonchev–Trinajstić information content (AvgIpc) is 2.41. The van der Waals surface area contributed by atoms with Crippen molar-refractivity contribution in [3.8, 4) is 0 Å². The minimum atomic E-state index is -2.40. The maximum atomic E-state index is 10.9. The highest BCUT2D eigenvalue weighted by atomic mass is 16.7. The van der Waals surface area contributed by atoms with Crippen LogP contribution in [0.3, 0.4) is 0 Å². The van der Waals surface area contributed by atoms with Crippen LogP contribution < -0.4 is 0 Å². The summed E-state index contributed by atoms with van der Waals surface area (Å²) in [5.41, 5.74) is 0.0831. The second-order valence-corrected chi connectivity index (χ2v) is 4.37. The molecule has 104 valence electrons. The summed E-state index contributed by atoms with van der Waals surface area (Å²) in [5.74, 6) is -3.95. The van der Waals surface area contributed by atoms with Crippen LogP contribution in [0.5, 0.6) is 0 Å². The first-order chi connectivity index (χ1) is 8.88. The van der Waals surface area contributed by atoms with E-state index in [0.29, 0.717) is 0 Å². The van der Waals surface area contributed by atoms with E-state index in [4.69, 9.17) is 9.84 Å². The Hall–Kier alpha value is -1.51. The third-order valence-electron chi connectivity index (χ3n) is 3.12. The Bertz CT molecular complexity index is 462. The van der Waals surface area contributed by atoms with Gasteiger partial charge in [0.25, 0.3) is 0 Å². The number of carboxylic acid groups (broad SMARTS) is 1. The molecule has 0 saturated carbocycles. The fourth-order valence-electron chi connectivity index (χ4n) is 2.04. The summed E-state index contributed by atoms with van der Waals surface area (Å²) in [4.78, 5) is 10.9. The van der Waals surface area contributed by atoms with Crippen LogP contribution in [0.15, 0.2) is 30.3 Å². The van der Waals surface area contributed by atoms with Gasteiger partial charge in [-0.2, -0.15) is 0 Å². The number of carboxylic acids is 1. The van der Waals surface area contributed by atoms with Gasteiger partial charge in [0.1, 0.15) is 18.3 Å². The van der Waals surface area contributed by atoms with E-state index in [9.17, 15) is 25.2 Å². The van der Waals surface area contributed by atoms with E-state index in [0.717, 1.165) is 0 Å². The fourth-order valence-corrected chi connectivity index (χ4v) is 2.04. The van der Waals surface area contributed by atoms with E-state index < -0.39 is 36.2 Å². The molecular formula is C12H14O7. The molecule has 0 spiro atoms. The van der Waals surface area contributed by atoms with Gasteiger partial charge in [-0.1, -0.05) is 30.3 Å². The zero-order chi connectivity index (χ0) is 14.2. The quantitative estimate of drug-likeness (QED) is 0.438. The molecule has 1 aliphatic heterocycles. The van der Waals surface area contributed by atoms with Gasteiger partial charge in [-0.05, 0) is 0 Å². The van der Waals surface area contributed by atoms with Crippen molar-refractivity contribution < 1.29 is 35.1 Å². The largest absolute Gasteiger partial charge is 0.479 e. The van der Waals surface area contributed by atoms with Crippen molar-refractivity contribution in [2.24, 2.45) is 0 Å². The number of hydrogen-bond donors (Lipinski definition) is 5. The maximum absolute atomic E-state index is 10.9. The maximum Gasteiger partial charge on any atom is 0.335 e. The summed E-state index contributed by atoms with van der Waals surface area (Å²) in [6, 6.07) is 7.58. The van der Waals surface area contributed by atoms with Gasteiger partial charge in [-0.25, -0.2) is 4.79 Å². The third-order valence-corrected chi connectivity index (χ3v) is 3.12. The average molecular weight is 270 g/mol. The molecule has 0 aliphatic carbocycles. The highest BCUT2D eigenvalue weighted by Gasteiger charge is 2.55. The SMILES string of the molecule is O=C(O)[C@H]1O[C@](O)(c2ccccc2)[C@H](O)[C@@H](O)[C@@H]1O. The number of rotatable bonds is 2. The number of aliphatic hydroxyl groups excluding tert-OH is 3. The lowest BCUT2D eigenvalue weighted by atomic mass is 9.88. The van der Waals surface area contributed by atoms with Gasteiger partial charge in [0.05, 0.1) is 0 Å². The van der Waals surface area contributed by atoms with E-state index in [2.05, 4.69) is 0 Å². The number of hydrogen-bond acceptors (Lipinski definition) is 6. The van der Waals surface area contributed by atoms with Crippen molar-refractivity contribution in [2.75, 3.05) is 0 Å². The first kappa shape index (κ1) is 13.9. The summed E-state index contributed by atoms with van der Waals surface area (Å²) in [5, 5.41) is 48.2. The summed E-state index contributed by atoms with van der Waals surface area (Å²) in [6.07, 6.45) is -7.40. The molecule has 1 heterocycles. The second-order valence-electron chi connectivity index (χ2n) is 4.37. The van der Waals surface area contributed by atoms with Crippen LogP contribution in [0.2, 0.25) is 0 Å². The van der Waals surface area contributed by atoms with Crippen molar-refractivity contribution >= 4 is 5.97 Å². The minimum Gasteiger partial charge on any atom is -0.479 e. The van der Waals surface area contributed by atoms with Crippen LogP contribution in [0.4, 0.5) is 0 Å². The molecule has 19 heavy (non-hydrogen) atoms. The summed E-state index contributed by atoms with van der Waals surface area (Å²) in [7, 11) is 0. The first-order valence-corrected chi connectivity index (χ1v) is 5.60. The topological polar surface area (TPSA) is 127 Å². The van der Waals surface area contributed by atoms with Gasteiger partial charge >= 0.3 is 5.97 Å². The highest BCUT2D eigenvalue weighted by Crippen LogP contribution is 2.36. The van der Waals surface area contributed by atoms with Crippen LogP contribution in [0.25, 0.3) is 0 Å². The summed E-state index contributed by atoms with van der Waals surface area (Å²) >= 11 is 0. The van der Waals surface area contributed by atoms with Crippen LogP contribution in [-0.2, 0) is 15.3 Å². The zero-order valence-electron chi connectivity index (χ0n) is 9.75. The Labute approximate surface area is 108 Å². The van der Waals surface area contributed by atoms with Crippen LogP contribution in [-0.4, -0.2) is 55.9 Å². The highest BCUT2D eigenvalue weighted by molar-refractivity contribution is 5.73. The predicted octanol–water partition coefficient (Wildman–Crippen LogP) is -1.60. The van der Waals surface area contributed by atoms with Gasteiger partial charge in [0.2, 0.25) is 5.79 Å². The van der Waals surface area contributed by atoms with E-state index >= 15 is 0 Å². The molecule has 0 aromatic heterocycles. The predicted molar refractivity (Wildman–Crippen MR) is 60.9 cm³/mol. The van der Waals surface area contributed by atoms with E-state index in [1.54, 1.807) is 18.2 Å². The Morgan fingerprint density at radius 2 is 1.68 bits per heavy atom. The Kier molecular flexibility index (Phi) is 3.57. The molecule has 1 fully saturated rings. The monoisotopic (exact) mass is 270 g/mol. The molecule has 7 nitrogen and oxygen atoms in total. The van der Waals surface area contributed by atoms with E-state index in [-0.39, 0.29) is 5.56 Å². The molecule has 2 rings (SSSR count). The number of benzene rings is 1. The van der Waals surface area contributed by atoms with Crippen molar-refractivity contribution in [3.05, 3.63) is 35.9 Å². The Morgan fingerprint density at radius 3 is 2.21 bits per heavy atom. The van der Waals surface area contributed by atoms with E-state index in [1.165, 1.54) is 12.1 Å². The molecule has 0 amide bonds. The molecule has 5 N–H and O–H groups in total. The van der Waals surface area contributed by atoms with Crippen molar-refractivity contribution in [1.82, 2.24) is 0 Å². The van der Waals surface area contributed by atoms with Crippen LogP contribution in [0, 0.1) is 0 Å². The normalized spacial score (nSPS) is 38.9. The van der Waals surface area contributed by atoms with E-state index in [1.807, 2.05) is 0 Å². The molecule has 7 heteroatoms. The molecule has 1 aromatic rings. The number of aliphatic carboxylic acids is 1. The van der Waals surface area contributed by atoms with Crippen molar-refractivity contribution in [3.63, 3.8) is 0 Å². The molecule has 0 radical (unpaired) electrons. The van der Waals surface area contributed by atoms with Crippen LogP contribution >= 0.6 is 0 Å². The molecule has 1 saturated heterocycles. The molecule has 0 bridgehead atoms. The molecule has 1 aliphatic rings. The summed E-state index contributed by atoms with van der Waals surface area (Å²) in [6.45, 7) is 0. The Balaban J connectivity index is 2.42. The third kappa shape index (κ3) is 2.22. The molecular weight excluding hydrogens is 256 g/mol. The van der Waals surface area contributed by atoms with Gasteiger partial charge in [-0.15, -0.1) is 0 Å². The minimum absolute atomic E-state index is 0.0831. The lowest BCUT2D eigenvalue weighted by Gasteiger charge is -2.44. The summed E-state index contributed by atoms with van der Waals surface area (Å²) < 4.78 is 4.91. The molecule has 0 unspecified atom stereocenters. The number of carbonyl (C=O) groups is 1. The van der Waals surface area contributed by atoms with Gasteiger partial charge in [0, 0.05) is 5.56 Å². The number of aliphatic hydroxyl groups is 4. The van der Waals surface area contributed by atoms with Crippen LogP contribution in [0.1, 0.15) is 5.56 Å². The van der Waals surface area contributed by atoms with Crippen molar-refractivity contribution in [1.29, 1.82) is 0 Å². The van der Waals surface area contributed by atoms with Gasteiger partial charge < -0.3 is 30.3 Å². The Morgan fingerprint density at radius 1 is 1.11 bits per heavy atom. The fraction of sp³-hybridized carbons (Fsp3) is 0.417. The van der Waals surface area contributed by atoms with Crippen molar-refractivity contribution in [2.45, 2.75) is 30.2 Å². The van der Waals surface area contributed by atoms with Gasteiger partial charge in [0.15, 0.2) is 6.10 Å². The lowest BCUT2D eigenvalue weighted by molar-refractivity contribution is -0.349. The second kappa shape index (κ2) is 4.87. The first-order valence-electron chi connectivity index (χ1n) is 5.60. The zero-order valence-corrected chi connectivity index (χ0v) is 9.75. The molecule has 1 aromatic carbocycles. The molecule has 5 atom stereocenters. The lowest BCUT2D eigenvalue weighted by Crippen LogP contribution is -2.64. The van der Waals surface area contributed by atoms with Gasteiger partial charge in [-0.3, -0.25) is 0 Å². The standard InChI is InChI=1S/C12H14O7/c13-7-8(14)10(15)12(18,19-9(7)11(16)17)6-4-2-1-3-5-6/h1-5,7-10,13-15,18H,(H,16,17)/t7-,8-,9-,10+,12+/m0/s1.